The minimum absolute atomic E-state index is 0.164. The molecule has 0 radical (unpaired) electrons. The van der Waals surface area contributed by atoms with Gasteiger partial charge in [-0.1, -0.05) is 77.9 Å². The molecular weight excluding hydrogens is 474 g/mol. The molecule has 0 aliphatic rings. The number of carbonyl (C=O) groups is 2. The fourth-order valence-corrected chi connectivity index (χ4v) is 4.90. The van der Waals surface area contributed by atoms with Crippen LogP contribution in [0.25, 0.3) is 0 Å². The number of hydrogen-bond donors (Lipinski definition) is 1. The van der Waals surface area contributed by atoms with E-state index in [9.17, 15) is 18.0 Å². The van der Waals surface area contributed by atoms with E-state index in [0.717, 1.165) is 32.8 Å². The molecule has 190 valence electrons. The Bertz CT molecular complexity index is 1290. The number of nitrogens with one attached hydrogen (secondary N) is 1. The highest BCUT2D eigenvalue weighted by atomic mass is 32.2. The molecule has 0 saturated carbocycles. The Morgan fingerprint density at radius 1 is 0.861 bits per heavy atom. The number of likely N-dealkylation sites (N-methyl/N-ethyl adjacent to an activating group) is 1. The minimum Gasteiger partial charge on any atom is -0.357 e. The van der Waals surface area contributed by atoms with Crippen molar-refractivity contribution in [1.82, 2.24) is 10.2 Å². The summed E-state index contributed by atoms with van der Waals surface area (Å²) in [6.45, 7) is 3.60. The third-order valence-corrected chi connectivity index (χ3v) is 7.09. The van der Waals surface area contributed by atoms with E-state index in [1.54, 1.807) is 24.3 Å². The number of carbonyl (C=O) groups excluding carboxylic acids is 2. The fraction of sp³-hybridized carbons (Fsp3) is 0.286. The molecule has 2 amide bonds. The van der Waals surface area contributed by atoms with Crippen LogP contribution in [0.3, 0.4) is 0 Å². The third kappa shape index (κ3) is 7.18. The normalized spacial score (nSPS) is 12.0. The summed E-state index contributed by atoms with van der Waals surface area (Å²) >= 11 is 0. The van der Waals surface area contributed by atoms with Gasteiger partial charge in [0.1, 0.15) is 12.6 Å². The van der Waals surface area contributed by atoms with Gasteiger partial charge in [-0.3, -0.25) is 13.9 Å². The first kappa shape index (κ1) is 26.9. The first-order valence-electron chi connectivity index (χ1n) is 11.7. The second-order valence-corrected chi connectivity index (χ2v) is 10.8. The predicted octanol–water partition coefficient (Wildman–Crippen LogP) is 3.46. The van der Waals surface area contributed by atoms with E-state index in [1.165, 1.54) is 11.9 Å². The molecule has 0 fully saturated rings. The summed E-state index contributed by atoms with van der Waals surface area (Å²) in [6, 6.07) is 23.3. The van der Waals surface area contributed by atoms with Crippen LogP contribution < -0.4 is 9.62 Å². The highest BCUT2D eigenvalue weighted by Crippen LogP contribution is 2.21. The van der Waals surface area contributed by atoms with Gasteiger partial charge in [-0.05, 0) is 37.1 Å². The number of anilines is 1. The molecule has 0 saturated heterocycles. The zero-order chi connectivity index (χ0) is 26.3. The van der Waals surface area contributed by atoms with Crippen LogP contribution in [0.5, 0.6) is 0 Å². The van der Waals surface area contributed by atoms with Gasteiger partial charge < -0.3 is 10.2 Å². The summed E-state index contributed by atoms with van der Waals surface area (Å²) in [5, 5.41) is 2.67. The van der Waals surface area contributed by atoms with Crippen molar-refractivity contribution in [2.24, 2.45) is 0 Å². The van der Waals surface area contributed by atoms with E-state index >= 15 is 0 Å². The summed E-state index contributed by atoms with van der Waals surface area (Å²) in [5.74, 6) is -0.784. The van der Waals surface area contributed by atoms with Crippen LogP contribution in [0, 0.1) is 13.8 Å². The first-order valence-corrected chi connectivity index (χ1v) is 13.6. The molecule has 36 heavy (non-hydrogen) atoms. The molecule has 0 aliphatic heterocycles. The molecule has 0 aliphatic carbocycles. The van der Waals surface area contributed by atoms with Gasteiger partial charge in [0.05, 0.1) is 11.9 Å². The van der Waals surface area contributed by atoms with Gasteiger partial charge in [0.15, 0.2) is 0 Å². The molecular formula is C28H33N3O4S. The van der Waals surface area contributed by atoms with E-state index in [4.69, 9.17) is 0 Å². The lowest BCUT2D eigenvalue weighted by Crippen LogP contribution is -2.52. The zero-order valence-corrected chi connectivity index (χ0v) is 22.0. The third-order valence-electron chi connectivity index (χ3n) is 5.95. The van der Waals surface area contributed by atoms with E-state index in [1.807, 2.05) is 68.4 Å². The SMILES string of the molecule is CNC(=O)[C@@H](Cc1ccccc1)N(Cc1cccc(C)c1)C(=O)CN(c1ccc(C)cc1)S(C)(=O)=O. The summed E-state index contributed by atoms with van der Waals surface area (Å²) in [6.07, 6.45) is 1.37. The predicted molar refractivity (Wildman–Crippen MR) is 143 cm³/mol. The van der Waals surface area contributed by atoms with E-state index in [-0.39, 0.29) is 12.5 Å². The lowest BCUT2D eigenvalue weighted by Gasteiger charge is -2.33. The van der Waals surface area contributed by atoms with Crippen LogP contribution in [0.15, 0.2) is 78.9 Å². The van der Waals surface area contributed by atoms with Crippen LogP contribution in [-0.4, -0.2) is 51.0 Å². The minimum atomic E-state index is -3.76. The maximum absolute atomic E-state index is 13.8. The zero-order valence-electron chi connectivity index (χ0n) is 21.1. The first-order chi connectivity index (χ1) is 17.1. The highest BCUT2D eigenvalue weighted by molar-refractivity contribution is 7.92. The number of benzene rings is 3. The van der Waals surface area contributed by atoms with Gasteiger partial charge in [0.2, 0.25) is 21.8 Å². The van der Waals surface area contributed by atoms with Crippen molar-refractivity contribution in [3.8, 4) is 0 Å². The topological polar surface area (TPSA) is 86.8 Å². The Labute approximate surface area is 213 Å². The van der Waals surface area contributed by atoms with Crippen LogP contribution in [0.4, 0.5) is 5.69 Å². The number of aryl methyl sites for hydroxylation is 2. The second-order valence-electron chi connectivity index (χ2n) is 8.94. The van der Waals surface area contributed by atoms with Gasteiger partial charge in [0, 0.05) is 20.0 Å². The van der Waals surface area contributed by atoms with Gasteiger partial charge in [-0.15, -0.1) is 0 Å². The molecule has 0 bridgehead atoms. The molecule has 3 aromatic carbocycles. The van der Waals surface area contributed by atoms with Crippen molar-refractivity contribution in [2.45, 2.75) is 32.9 Å². The molecule has 0 spiro atoms. The molecule has 1 atom stereocenters. The highest BCUT2D eigenvalue weighted by Gasteiger charge is 2.32. The Morgan fingerprint density at radius 3 is 2.08 bits per heavy atom. The molecule has 0 heterocycles. The van der Waals surface area contributed by atoms with Gasteiger partial charge >= 0.3 is 0 Å². The summed E-state index contributed by atoms with van der Waals surface area (Å²) < 4.78 is 26.5. The van der Waals surface area contributed by atoms with Crippen LogP contribution in [-0.2, 0) is 32.6 Å². The molecule has 0 aromatic heterocycles. The second kappa shape index (κ2) is 11.9. The molecule has 3 aromatic rings. The number of rotatable bonds is 10. The van der Waals surface area contributed by atoms with E-state index in [0.29, 0.717) is 12.1 Å². The molecule has 8 heteroatoms. The Kier molecular flexibility index (Phi) is 8.88. The molecule has 0 unspecified atom stereocenters. The lowest BCUT2D eigenvalue weighted by molar-refractivity contribution is -0.139. The fourth-order valence-electron chi connectivity index (χ4n) is 4.05. The standard InChI is InChI=1S/C28H33N3O4S/c1-21-13-15-25(16-14-21)31(36(4,34)35)20-27(32)30(19-24-12-8-9-22(2)17-24)26(28(33)29-3)18-23-10-6-5-7-11-23/h5-17,26H,18-20H2,1-4H3,(H,29,33)/t26-/m1/s1. The molecule has 7 nitrogen and oxygen atoms in total. The van der Waals surface area contributed by atoms with Gasteiger partial charge in [0.25, 0.3) is 0 Å². The van der Waals surface area contributed by atoms with Crippen LogP contribution in [0.1, 0.15) is 22.3 Å². The smallest absolute Gasteiger partial charge is 0.244 e. The summed E-state index contributed by atoms with van der Waals surface area (Å²) in [7, 11) is -2.23. The van der Waals surface area contributed by atoms with Crippen LogP contribution in [0.2, 0.25) is 0 Å². The largest absolute Gasteiger partial charge is 0.357 e. The average Bonchev–Trinajstić information content (AvgIpc) is 2.84. The number of hydrogen-bond acceptors (Lipinski definition) is 4. The maximum atomic E-state index is 13.8. The lowest BCUT2D eigenvalue weighted by atomic mass is 10.0. The van der Waals surface area contributed by atoms with Crippen molar-refractivity contribution in [3.05, 3.63) is 101 Å². The molecule has 3 rings (SSSR count). The van der Waals surface area contributed by atoms with E-state index < -0.39 is 28.5 Å². The van der Waals surface area contributed by atoms with Crippen molar-refractivity contribution < 1.29 is 18.0 Å². The van der Waals surface area contributed by atoms with Gasteiger partial charge in [-0.25, -0.2) is 8.42 Å². The molecule has 1 N–H and O–H groups in total. The van der Waals surface area contributed by atoms with Crippen molar-refractivity contribution >= 4 is 27.5 Å². The van der Waals surface area contributed by atoms with Crippen molar-refractivity contribution in [1.29, 1.82) is 0 Å². The summed E-state index contributed by atoms with van der Waals surface area (Å²) in [5.41, 5.74) is 4.14. The Balaban J connectivity index is 2.02. The van der Waals surface area contributed by atoms with Gasteiger partial charge in [-0.2, -0.15) is 0 Å². The van der Waals surface area contributed by atoms with Crippen molar-refractivity contribution in [2.75, 3.05) is 24.2 Å². The monoisotopic (exact) mass is 507 g/mol. The quantitative estimate of drug-likeness (QED) is 0.455. The van der Waals surface area contributed by atoms with Crippen LogP contribution >= 0.6 is 0 Å². The Hall–Kier alpha value is -3.65. The number of amides is 2. The Morgan fingerprint density at radius 2 is 1.50 bits per heavy atom. The number of nitrogens with zero attached hydrogens (tertiary/aromatic N) is 2. The van der Waals surface area contributed by atoms with Crippen molar-refractivity contribution in [3.63, 3.8) is 0 Å². The average molecular weight is 508 g/mol. The summed E-state index contributed by atoms with van der Waals surface area (Å²) in [4.78, 5) is 28.4. The van der Waals surface area contributed by atoms with E-state index in [2.05, 4.69) is 5.32 Å². The maximum Gasteiger partial charge on any atom is 0.244 e. The number of sulfonamides is 1.